The van der Waals surface area contributed by atoms with E-state index in [0.29, 0.717) is 5.69 Å². The van der Waals surface area contributed by atoms with Gasteiger partial charge in [0.2, 0.25) is 0 Å². The Morgan fingerprint density at radius 3 is 2.75 bits per heavy atom. The lowest BCUT2D eigenvalue weighted by atomic mass is 9.97. The SMILES string of the molecule is O=C(O)Cc1nn2c(c1-c1ccc(Br)cc1)CCCC2. The molecule has 104 valence electrons. The van der Waals surface area contributed by atoms with Crippen LogP contribution in [0.15, 0.2) is 28.7 Å². The van der Waals surface area contributed by atoms with E-state index in [2.05, 4.69) is 21.0 Å². The zero-order valence-electron chi connectivity index (χ0n) is 11.0. The Hall–Kier alpha value is -1.62. The fraction of sp³-hybridized carbons (Fsp3) is 0.333. The molecule has 0 aliphatic carbocycles. The topological polar surface area (TPSA) is 55.1 Å². The van der Waals surface area contributed by atoms with E-state index in [1.165, 1.54) is 5.69 Å². The molecule has 0 unspecified atom stereocenters. The van der Waals surface area contributed by atoms with Crippen LogP contribution in [0.5, 0.6) is 0 Å². The van der Waals surface area contributed by atoms with Gasteiger partial charge in [-0.1, -0.05) is 28.1 Å². The molecular formula is C15H15BrN2O2. The molecule has 1 aromatic carbocycles. The Morgan fingerprint density at radius 1 is 1.30 bits per heavy atom. The number of hydrogen-bond acceptors (Lipinski definition) is 2. The number of carbonyl (C=O) groups is 1. The molecule has 0 saturated heterocycles. The fourth-order valence-corrected chi connectivity index (χ4v) is 3.03. The van der Waals surface area contributed by atoms with Crippen LogP contribution in [0.25, 0.3) is 11.1 Å². The zero-order chi connectivity index (χ0) is 14.1. The molecule has 0 atom stereocenters. The predicted octanol–water partition coefficient (Wildman–Crippen LogP) is 3.28. The maximum atomic E-state index is 11.1. The van der Waals surface area contributed by atoms with Gasteiger partial charge in [0.05, 0.1) is 12.1 Å². The highest BCUT2D eigenvalue weighted by Crippen LogP contribution is 2.32. The molecule has 0 spiro atoms. The number of benzene rings is 1. The van der Waals surface area contributed by atoms with Gasteiger partial charge in [-0.25, -0.2) is 0 Å². The largest absolute Gasteiger partial charge is 0.481 e. The van der Waals surface area contributed by atoms with Crippen LogP contribution in [0.2, 0.25) is 0 Å². The average Bonchev–Trinajstić information content (AvgIpc) is 2.77. The maximum Gasteiger partial charge on any atom is 0.309 e. The smallest absolute Gasteiger partial charge is 0.309 e. The fourth-order valence-electron chi connectivity index (χ4n) is 2.76. The lowest BCUT2D eigenvalue weighted by Gasteiger charge is -2.14. The molecule has 5 heteroatoms. The summed E-state index contributed by atoms with van der Waals surface area (Å²) < 4.78 is 3.00. The van der Waals surface area contributed by atoms with Crippen LogP contribution in [-0.2, 0) is 24.2 Å². The molecule has 2 heterocycles. The summed E-state index contributed by atoms with van der Waals surface area (Å²) in [4.78, 5) is 11.1. The molecule has 0 amide bonds. The summed E-state index contributed by atoms with van der Waals surface area (Å²) >= 11 is 3.43. The van der Waals surface area contributed by atoms with E-state index >= 15 is 0 Å². The van der Waals surface area contributed by atoms with Gasteiger partial charge in [-0.3, -0.25) is 9.48 Å². The number of hydrogen-bond donors (Lipinski definition) is 1. The number of halogens is 1. The highest BCUT2D eigenvalue weighted by molar-refractivity contribution is 9.10. The summed E-state index contributed by atoms with van der Waals surface area (Å²) in [6.07, 6.45) is 3.20. The Labute approximate surface area is 125 Å². The number of carboxylic acids is 1. The van der Waals surface area contributed by atoms with Crippen LogP contribution in [0, 0.1) is 0 Å². The van der Waals surface area contributed by atoms with Gasteiger partial charge in [0, 0.05) is 22.3 Å². The lowest BCUT2D eigenvalue weighted by Crippen LogP contribution is -2.11. The van der Waals surface area contributed by atoms with Gasteiger partial charge >= 0.3 is 5.97 Å². The van der Waals surface area contributed by atoms with Crippen molar-refractivity contribution < 1.29 is 9.90 Å². The van der Waals surface area contributed by atoms with Crippen molar-refractivity contribution in [2.45, 2.75) is 32.2 Å². The third-order valence-corrected chi connectivity index (χ3v) is 4.14. The van der Waals surface area contributed by atoms with E-state index in [-0.39, 0.29) is 6.42 Å². The Morgan fingerprint density at radius 2 is 2.05 bits per heavy atom. The van der Waals surface area contributed by atoms with Crippen molar-refractivity contribution in [1.82, 2.24) is 9.78 Å². The monoisotopic (exact) mass is 334 g/mol. The van der Waals surface area contributed by atoms with Crippen molar-refractivity contribution in [1.29, 1.82) is 0 Å². The highest BCUT2D eigenvalue weighted by Gasteiger charge is 2.22. The van der Waals surface area contributed by atoms with Gasteiger partial charge in [-0.2, -0.15) is 5.10 Å². The number of aliphatic carboxylic acids is 1. The van der Waals surface area contributed by atoms with Crippen LogP contribution in [0.3, 0.4) is 0 Å². The lowest BCUT2D eigenvalue weighted by molar-refractivity contribution is -0.136. The first-order chi connectivity index (χ1) is 9.65. The third kappa shape index (κ3) is 2.50. The Kier molecular flexibility index (Phi) is 3.61. The molecule has 1 aromatic heterocycles. The number of fused-ring (bicyclic) bond motifs is 1. The molecule has 0 fully saturated rings. The van der Waals surface area contributed by atoms with Crippen LogP contribution in [0.1, 0.15) is 24.2 Å². The van der Waals surface area contributed by atoms with Gasteiger partial charge in [0.15, 0.2) is 0 Å². The second-order valence-electron chi connectivity index (χ2n) is 5.03. The van der Waals surface area contributed by atoms with Gasteiger partial charge in [0.1, 0.15) is 0 Å². The summed E-state index contributed by atoms with van der Waals surface area (Å²) in [6, 6.07) is 7.99. The van der Waals surface area contributed by atoms with Gasteiger partial charge in [0.25, 0.3) is 0 Å². The minimum atomic E-state index is -0.834. The first-order valence-electron chi connectivity index (χ1n) is 6.71. The number of rotatable bonds is 3. The van der Waals surface area contributed by atoms with Crippen molar-refractivity contribution in [2.75, 3.05) is 0 Å². The van der Waals surface area contributed by atoms with E-state index < -0.39 is 5.97 Å². The normalized spacial score (nSPS) is 14.1. The average molecular weight is 335 g/mol. The number of aromatic nitrogens is 2. The second-order valence-corrected chi connectivity index (χ2v) is 5.94. The minimum Gasteiger partial charge on any atom is -0.481 e. The number of nitrogens with zero attached hydrogens (tertiary/aromatic N) is 2. The molecule has 1 aliphatic heterocycles. The summed E-state index contributed by atoms with van der Waals surface area (Å²) in [5.74, 6) is -0.834. The quantitative estimate of drug-likeness (QED) is 0.937. The molecule has 4 nitrogen and oxygen atoms in total. The van der Waals surface area contributed by atoms with E-state index in [1.807, 2.05) is 28.9 Å². The van der Waals surface area contributed by atoms with Crippen molar-refractivity contribution in [2.24, 2.45) is 0 Å². The first-order valence-corrected chi connectivity index (χ1v) is 7.51. The van der Waals surface area contributed by atoms with Crippen LogP contribution < -0.4 is 0 Å². The van der Waals surface area contributed by atoms with Crippen LogP contribution in [-0.4, -0.2) is 20.9 Å². The van der Waals surface area contributed by atoms with Crippen molar-refractivity contribution in [3.05, 3.63) is 40.1 Å². The molecule has 0 radical (unpaired) electrons. The molecule has 1 N–H and O–H groups in total. The second kappa shape index (κ2) is 5.40. The first kappa shape index (κ1) is 13.4. The van der Waals surface area contributed by atoms with E-state index in [0.717, 1.165) is 41.4 Å². The minimum absolute atomic E-state index is 0.0224. The molecule has 2 aromatic rings. The predicted molar refractivity (Wildman–Crippen MR) is 79.6 cm³/mol. The number of aryl methyl sites for hydroxylation is 1. The summed E-state index contributed by atoms with van der Waals surface area (Å²) in [5, 5.41) is 13.6. The highest BCUT2D eigenvalue weighted by atomic mass is 79.9. The van der Waals surface area contributed by atoms with Crippen molar-refractivity contribution >= 4 is 21.9 Å². The molecular weight excluding hydrogens is 320 g/mol. The van der Waals surface area contributed by atoms with Crippen molar-refractivity contribution in [3.63, 3.8) is 0 Å². The van der Waals surface area contributed by atoms with Gasteiger partial charge < -0.3 is 5.11 Å². The Bertz CT molecular complexity index is 647. The molecule has 20 heavy (non-hydrogen) atoms. The summed E-state index contributed by atoms with van der Waals surface area (Å²) in [6.45, 7) is 0.887. The van der Waals surface area contributed by atoms with E-state index in [4.69, 9.17) is 5.11 Å². The van der Waals surface area contributed by atoms with E-state index in [9.17, 15) is 4.79 Å². The molecule has 0 bridgehead atoms. The van der Waals surface area contributed by atoms with E-state index in [1.54, 1.807) is 0 Å². The number of carboxylic acid groups (broad SMARTS) is 1. The molecule has 0 saturated carbocycles. The Balaban J connectivity index is 2.13. The van der Waals surface area contributed by atoms with Crippen LogP contribution in [0.4, 0.5) is 0 Å². The van der Waals surface area contributed by atoms with Crippen LogP contribution >= 0.6 is 15.9 Å². The molecule has 3 rings (SSSR count). The third-order valence-electron chi connectivity index (χ3n) is 3.62. The standard InChI is InChI=1S/C15H15BrN2O2/c16-11-6-4-10(5-7-11)15-12(9-14(19)20)17-18-8-2-1-3-13(15)18/h4-7H,1-3,8-9H2,(H,19,20). The zero-order valence-corrected chi connectivity index (χ0v) is 12.6. The van der Waals surface area contributed by atoms with Gasteiger partial charge in [-0.05, 0) is 37.0 Å². The van der Waals surface area contributed by atoms with Gasteiger partial charge in [-0.15, -0.1) is 0 Å². The van der Waals surface area contributed by atoms with Crippen molar-refractivity contribution in [3.8, 4) is 11.1 Å². The summed E-state index contributed by atoms with van der Waals surface area (Å²) in [7, 11) is 0. The summed E-state index contributed by atoms with van der Waals surface area (Å²) in [5.41, 5.74) is 3.92. The molecule has 1 aliphatic rings. The maximum absolute atomic E-state index is 11.1.